The van der Waals surface area contributed by atoms with E-state index in [1.165, 1.54) is 0 Å². The molecule has 2 heterocycles. The zero-order valence-electron chi connectivity index (χ0n) is 13.2. The Labute approximate surface area is 150 Å². The minimum atomic E-state index is 0.551. The summed E-state index contributed by atoms with van der Waals surface area (Å²) in [6.07, 6.45) is 3.52. The second kappa shape index (κ2) is 8.17. The molecule has 1 aromatic carbocycles. The molecule has 0 atom stereocenters. The molecule has 3 aromatic rings. The lowest BCUT2D eigenvalue weighted by molar-refractivity contribution is 0.344. The zero-order chi connectivity index (χ0) is 16.8. The number of rotatable bonds is 7. The van der Waals surface area contributed by atoms with E-state index in [-0.39, 0.29) is 0 Å². The Hall–Kier alpha value is -2.05. The number of hydrogen-bond acceptors (Lipinski definition) is 5. The Balaban J connectivity index is 1.62. The second-order valence-electron chi connectivity index (χ2n) is 4.91. The number of pyridine rings is 1. The number of thioether (sulfide) groups is 1. The van der Waals surface area contributed by atoms with E-state index in [1.54, 1.807) is 24.2 Å². The van der Waals surface area contributed by atoms with E-state index in [2.05, 4.69) is 26.7 Å². The van der Waals surface area contributed by atoms with Crippen molar-refractivity contribution in [2.75, 3.05) is 12.4 Å². The van der Waals surface area contributed by atoms with Crippen LogP contribution in [0.5, 0.6) is 5.75 Å². The van der Waals surface area contributed by atoms with Gasteiger partial charge in [0.25, 0.3) is 0 Å². The van der Waals surface area contributed by atoms with Gasteiger partial charge in [0.1, 0.15) is 5.75 Å². The third kappa shape index (κ3) is 3.88. The molecule has 0 bridgehead atoms. The Morgan fingerprint density at radius 2 is 1.92 bits per heavy atom. The Kier molecular flexibility index (Phi) is 5.72. The van der Waals surface area contributed by atoms with Crippen molar-refractivity contribution in [3.8, 4) is 17.1 Å². The molecule has 0 aliphatic rings. The van der Waals surface area contributed by atoms with E-state index in [0.717, 1.165) is 28.8 Å². The molecule has 0 unspecified atom stereocenters. The summed E-state index contributed by atoms with van der Waals surface area (Å²) < 4.78 is 7.80. The van der Waals surface area contributed by atoms with Crippen LogP contribution in [0.3, 0.4) is 0 Å². The van der Waals surface area contributed by atoms with Crippen LogP contribution in [-0.4, -0.2) is 32.1 Å². The molecular formula is C17H17ClN4OS. The third-order valence-corrected chi connectivity index (χ3v) is 4.62. The summed E-state index contributed by atoms with van der Waals surface area (Å²) in [4.78, 5) is 4.04. The maximum Gasteiger partial charge on any atom is 0.191 e. The first-order valence-corrected chi connectivity index (χ1v) is 8.99. The molecule has 0 aliphatic heterocycles. The average molecular weight is 361 g/mol. The molecule has 0 amide bonds. The van der Waals surface area contributed by atoms with Gasteiger partial charge >= 0.3 is 0 Å². The molecule has 0 saturated carbocycles. The number of ether oxygens (including phenoxy) is 1. The summed E-state index contributed by atoms with van der Waals surface area (Å²) in [7, 11) is 0. The lowest BCUT2D eigenvalue weighted by Crippen LogP contribution is -2.04. The SMILES string of the molecule is CCn1c(SCCOc2ccccc2Cl)nnc1-c1ccncc1. The zero-order valence-corrected chi connectivity index (χ0v) is 14.8. The van der Waals surface area contributed by atoms with Crippen molar-refractivity contribution in [1.82, 2.24) is 19.7 Å². The van der Waals surface area contributed by atoms with Crippen molar-refractivity contribution in [2.24, 2.45) is 0 Å². The van der Waals surface area contributed by atoms with Gasteiger partial charge in [0.15, 0.2) is 11.0 Å². The minimum Gasteiger partial charge on any atom is -0.491 e. The highest BCUT2D eigenvalue weighted by molar-refractivity contribution is 7.99. The third-order valence-electron chi connectivity index (χ3n) is 3.38. The summed E-state index contributed by atoms with van der Waals surface area (Å²) in [5.41, 5.74) is 1.01. The van der Waals surface area contributed by atoms with Gasteiger partial charge in [-0.1, -0.05) is 35.5 Å². The fourth-order valence-corrected chi connectivity index (χ4v) is 3.25. The van der Waals surface area contributed by atoms with Gasteiger partial charge in [-0.05, 0) is 31.2 Å². The first kappa shape index (κ1) is 16.8. The molecule has 24 heavy (non-hydrogen) atoms. The van der Waals surface area contributed by atoms with Crippen LogP contribution < -0.4 is 4.74 Å². The van der Waals surface area contributed by atoms with E-state index >= 15 is 0 Å². The number of nitrogens with zero attached hydrogens (tertiary/aromatic N) is 4. The van der Waals surface area contributed by atoms with Crippen molar-refractivity contribution in [2.45, 2.75) is 18.6 Å². The summed E-state index contributed by atoms with van der Waals surface area (Å²) >= 11 is 7.69. The Bertz CT molecular complexity index is 794. The number of para-hydroxylation sites is 1. The van der Waals surface area contributed by atoms with Gasteiger partial charge in [0.2, 0.25) is 0 Å². The van der Waals surface area contributed by atoms with E-state index in [4.69, 9.17) is 16.3 Å². The molecule has 124 valence electrons. The van der Waals surface area contributed by atoms with Crippen LogP contribution in [0, 0.1) is 0 Å². The predicted octanol–water partition coefficient (Wildman–Crippen LogP) is 4.18. The fourth-order valence-electron chi connectivity index (χ4n) is 2.24. The first-order chi connectivity index (χ1) is 11.8. The Morgan fingerprint density at radius 1 is 1.12 bits per heavy atom. The number of halogens is 1. The van der Waals surface area contributed by atoms with Crippen molar-refractivity contribution in [3.05, 3.63) is 53.8 Å². The van der Waals surface area contributed by atoms with E-state index < -0.39 is 0 Å². The summed E-state index contributed by atoms with van der Waals surface area (Å²) in [6.45, 7) is 3.44. The van der Waals surface area contributed by atoms with Crippen LogP contribution in [0.2, 0.25) is 5.02 Å². The number of aromatic nitrogens is 4. The van der Waals surface area contributed by atoms with Gasteiger partial charge in [0.05, 0.1) is 11.6 Å². The highest BCUT2D eigenvalue weighted by atomic mass is 35.5. The largest absolute Gasteiger partial charge is 0.491 e. The maximum atomic E-state index is 6.08. The summed E-state index contributed by atoms with van der Waals surface area (Å²) in [5.74, 6) is 2.32. The van der Waals surface area contributed by atoms with E-state index in [0.29, 0.717) is 17.4 Å². The standard InChI is InChI=1S/C17H17ClN4OS/c1-2-22-16(13-7-9-19-10-8-13)20-21-17(22)24-12-11-23-15-6-4-3-5-14(15)18/h3-10H,2,11-12H2,1H3. The van der Waals surface area contributed by atoms with Crippen LogP contribution in [0.15, 0.2) is 53.9 Å². The normalized spacial score (nSPS) is 10.8. The highest BCUT2D eigenvalue weighted by Crippen LogP contribution is 2.25. The van der Waals surface area contributed by atoms with Crippen molar-refractivity contribution < 1.29 is 4.74 Å². The van der Waals surface area contributed by atoms with Gasteiger partial charge in [0, 0.05) is 30.3 Å². The van der Waals surface area contributed by atoms with Crippen molar-refractivity contribution in [1.29, 1.82) is 0 Å². The minimum absolute atomic E-state index is 0.551. The van der Waals surface area contributed by atoms with Crippen LogP contribution >= 0.6 is 23.4 Å². The molecule has 0 N–H and O–H groups in total. The topological polar surface area (TPSA) is 52.8 Å². The number of hydrogen-bond donors (Lipinski definition) is 0. The quantitative estimate of drug-likeness (QED) is 0.467. The van der Waals surface area contributed by atoms with Gasteiger partial charge in [-0.25, -0.2) is 0 Å². The maximum absolute atomic E-state index is 6.08. The average Bonchev–Trinajstić information content (AvgIpc) is 3.04. The molecule has 5 nitrogen and oxygen atoms in total. The van der Waals surface area contributed by atoms with Gasteiger partial charge < -0.3 is 9.30 Å². The van der Waals surface area contributed by atoms with Gasteiger partial charge in [-0.2, -0.15) is 0 Å². The smallest absolute Gasteiger partial charge is 0.191 e. The predicted molar refractivity (Wildman–Crippen MR) is 96.6 cm³/mol. The van der Waals surface area contributed by atoms with Crippen LogP contribution in [0.25, 0.3) is 11.4 Å². The molecule has 7 heteroatoms. The molecule has 0 radical (unpaired) electrons. The van der Waals surface area contributed by atoms with Crippen LogP contribution in [0.1, 0.15) is 6.92 Å². The van der Waals surface area contributed by atoms with Gasteiger partial charge in [-0.15, -0.1) is 10.2 Å². The molecule has 0 fully saturated rings. The van der Waals surface area contributed by atoms with Crippen molar-refractivity contribution >= 4 is 23.4 Å². The molecule has 0 spiro atoms. The fraction of sp³-hybridized carbons (Fsp3) is 0.235. The highest BCUT2D eigenvalue weighted by Gasteiger charge is 2.12. The first-order valence-electron chi connectivity index (χ1n) is 7.63. The summed E-state index contributed by atoms with van der Waals surface area (Å²) in [5, 5.41) is 10.1. The lowest BCUT2D eigenvalue weighted by Gasteiger charge is -2.09. The molecular weight excluding hydrogens is 344 g/mol. The van der Waals surface area contributed by atoms with Crippen molar-refractivity contribution in [3.63, 3.8) is 0 Å². The molecule has 0 saturated heterocycles. The molecule has 3 rings (SSSR count). The second-order valence-corrected chi connectivity index (χ2v) is 6.38. The molecule has 2 aromatic heterocycles. The van der Waals surface area contributed by atoms with E-state index in [9.17, 15) is 0 Å². The van der Waals surface area contributed by atoms with E-state index in [1.807, 2.05) is 36.4 Å². The Morgan fingerprint density at radius 3 is 2.67 bits per heavy atom. The lowest BCUT2D eigenvalue weighted by atomic mass is 10.2. The summed E-state index contributed by atoms with van der Waals surface area (Å²) in [6, 6.07) is 11.3. The monoisotopic (exact) mass is 360 g/mol. The molecule has 0 aliphatic carbocycles. The van der Waals surface area contributed by atoms with Crippen LogP contribution in [0.4, 0.5) is 0 Å². The number of benzene rings is 1. The van der Waals surface area contributed by atoms with Gasteiger partial charge in [-0.3, -0.25) is 4.98 Å². The van der Waals surface area contributed by atoms with Crippen LogP contribution in [-0.2, 0) is 6.54 Å².